The number of carbonyl (C=O) groups excluding carboxylic acids is 1. The highest BCUT2D eigenvalue weighted by Gasteiger charge is 2.21. The van der Waals surface area contributed by atoms with Crippen LogP contribution < -0.4 is 16.0 Å². The van der Waals surface area contributed by atoms with Crippen molar-refractivity contribution >= 4 is 39.8 Å². The fourth-order valence-electron chi connectivity index (χ4n) is 4.55. The van der Waals surface area contributed by atoms with Gasteiger partial charge >= 0.3 is 0 Å². The van der Waals surface area contributed by atoms with Gasteiger partial charge in [0.05, 0.1) is 16.3 Å². The summed E-state index contributed by atoms with van der Waals surface area (Å²) >= 11 is 0. The summed E-state index contributed by atoms with van der Waals surface area (Å²) in [7, 11) is 5.79. The van der Waals surface area contributed by atoms with Gasteiger partial charge in [0.2, 0.25) is 11.9 Å². The number of anilines is 3. The Kier molecular flexibility index (Phi) is 8.10. The number of nitrogens with zero attached hydrogens (tertiary/aromatic N) is 6. The first-order valence-corrected chi connectivity index (χ1v) is 12.7. The van der Waals surface area contributed by atoms with Crippen LogP contribution in [0.2, 0.25) is 0 Å². The van der Waals surface area contributed by atoms with Crippen molar-refractivity contribution in [3.8, 4) is 11.3 Å². The topological polar surface area (TPSA) is 135 Å². The van der Waals surface area contributed by atoms with Gasteiger partial charge in [-0.25, -0.2) is 9.97 Å². The Hall–Kier alpha value is -4.51. The first-order valence-electron chi connectivity index (χ1n) is 12.7. The number of hydrogen-bond acceptors (Lipinski definition) is 8. The third-order valence-electron chi connectivity index (χ3n) is 6.67. The van der Waals surface area contributed by atoms with Crippen LogP contribution in [0.3, 0.4) is 0 Å². The Bertz CT molecular complexity index is 1530. The van der Waals surface area contributed by atoms with Gasteiger partial charge in [-0.2, -0.15) is 0 Å². The number of carbonyl (C=O) groups is 1. The first-order chi connectivity index (χ1) is 18.6. The molecular formula is C28H34N8O3. The average Bonchev–Trinajstić information content (AvgIpc) is 3.25. The summed E-state index contributed by atoms with van der Waals surface area (Å²) in [5, 5.41) is 16.1. The summed E-state index contributed by atoms with van der Waals surface area (Å²) in [5.41, 5.74) is 10.8. The van der Waals surface area contributed by atoms with Crippen LogP contribution in [0.1, 0.15) is 18.1 Å². The molecule has 2 heterocycles. The van der Waals surface area contributed by atoms with E-state index < -0.39 is 5.91 Å². The number of hydrogen-bond donors (Lipinski definition) is 2. The van der Waals surface area contributed by atoms with Crippen molar-refractivity contribution < 1.29 is 9.72 Å². The molecule has 204 valence electrons. The molecule has 0 saturated heterocycles. The molecule has 2 aromatic carbocycles. The van der Waals surface area contributed by atoms with Crippen molar-refractivity contribution in [3.05, 3.63) is 70.0 Å². The lowest BCUT2D eigenvalue weighted by Crippen LogP contribution is -2.29. The highest BCUT2D eigenvalue weighted by Crippen LogP contribution is 2.36. The van der Waals surface area contributed by atoms with E-state index in [0.29, 0.717) is 30.3 Å². The third kappa shape index (κ3) is 5.99. The monoisotopic (exact) mass is 530 g/mol. The quantitative estimate of drug-likeness (QED) is 0.219. The van der Waals surface area contributed by atoms with Crippen LogP contribution in [0, 0.1) is 17.0 Å². The van der Waals surface area contributed by atoms with E-state index in [1.165, 1.54) is 6.07 Å². The van der Waals surface area contributed by atoms with Crippen molar-refractivity contribution in [2.75, 3.05) is 44.4 Å². The lowest BCUT2D eigenvalue weighted by Gasteiger charge is -2.22. The van der Waals surface area contributed by atoms with E-state index in [0.717, 1.165) is 39.8 Å². The second-order valence-corrected chi connectivity index (χ2v) is 9.84. The zero-order valence-corrected chi connectivity index (χ0v) is 22.9. The molecule has 0 fully saturated rings. The van der Waals surface area contributed by atoms with Crippen molar-refractivity contribution in [2.24, 2.45) is 5.73 Å². The standard InChI is InChI=1S/C28H34N8O3/c1-6-19-15-30-28(32-27(19)21-16-35(17-26(29)37)23-10-8-7-9-20(21)23)31-22-14-25(36(38)39)24(13-18(22)2)34(5)12-11-33(3)4/h7-10,13-16H,6,11-12,17H2,1-5H3,(H2,29,37)(H,30,31,32). The highest BCUT2D eigenvalue weighted by molar-refractivity contribution is 5.96. The minimum absolute atomic E-state index is 0.00396. The summed E-state index contributed by atoms with van der Waals surface area (Å²) < 4.78 is 1.82. The Morgan fingerprint density at radius 3 is 2.59 bits per heavy atom. The van der Waals surface area contributed by atoms with Crippen LogP contribution in [0.5, 0.6) is 0 Å². The maximum atomic E-state index is 12.0. The number of fused-ring (bicyclic) bond motifs is 1. The van der Waals surface area contributed by atoms with Crippen LogP contribution in [-0.4, -0.2) is 64.5 Å². The number of nitro benzene ring substituents is 1. The predicted octanol–water partition coefficient (Wildman–Crippen LogP) is 4.10. The Morgan fingerprint density at radius 2 is 1.92 bits per heavy atom. The number of nitro groups is 1. The second-order valence-electron chi connectivity index (χ2n) is 9.84. The molecule has 39 heavy (non-hydrogen) atoms. The van der Waals surface area contributed by atoms with E-state index in [-0.39, 0.29) is 17.2 Å². The van der Waals surface area contributed by atoms with Gasteiger partial charge in [-0.3, -0.25) is 14.9 Å². The van der Waals surface area contributed by atoms with Gasteiger partial charge in [-0.15, -0.1) is 0 Å². The SMILES string of the molecule is CCc1cnc(Nc2cc([N+](=O)[O-])c(N(C)CCN(C)C)cc2C)nc1-c1cn(CC(N)=O)c2ccccc12. The molecule has 0 aliphatic carbocycles. The number of aromatic nitrogens is 3. The lowest BCUT2D eigenvalue weighted by molar-refractivity contribution is -0.384. The number of primary amides is 1. The molecule has 0 unspecified atom stereocenters. The van der Waals surface area contributed by atoms with Crippen molar-refractivity contribution in [2.45, 2.75) is 26.8 Å². The smallest absolute Gasteiger partial charge is 0.294 e. The van der Waals surface area contributed by atoms with Gasteiger partial charge in [0.25, 0.3) is 5.69 Å². The van der Waals surface area contributed by atoms with Crippen LogP contribution in [0.15, 0.2) is 48.8 Å². The molecule has 11 nitrogen and oxygen atoms in total. The molecule has 0 radical (unpaired) electrons. The summed E-state index contributed by atoms with van der Waals surface area (Å²) in [5.74, 6) is -0.115. The maximum Gasteiger partial charge on any atom is 0.294 e. The lowest BCUT2D eigenvalue weighted by atomic mass is 10.0. The number of benzene rings is 2. The number of para-hydroxylation sites is 1. The van der Waals surface area contributed by atoms with E-state index in [4.69, 9.17) is 10.7 Å². The molecule has 0 spiro atoms. The van der Waals surface area contributed by atoms with Gasteiger partial charge < -0.3 is 25.4 Å². The molecule has 4 aromatic rings. The number of nitrogens with one attached hydrogen (secondary N) is 1. The van der Waals surface area contributed by atoms with E-state index >= 15 is 0 Å². The normalized spacial score (nSPS) is 11.2. The van der Waals surface area contributed by atoms with Crippen LogP contribution in [0.4, 0.5) is 23.0 Å². The van der Waals surface area contributed by atoms with E-state index in [1.807, 2.05) is 85.9 Å². The van der Waals surface area contributed by atoms with Crippen molar-refractivity contribution in [3.63, 3.8) is 0 Å². The Morgan fingerprint density at radius 1 is 1.18 bits per heavy atom. The van der Waals surface area contributed by atoms with E-state index in [2.05, 4.69) is 10.3 Å². The van der Waals surface area contributed by atoms with Gasteiger partial charge in [-0.1, -0.05) is 25.1 Å². The molecular weight excluding hydrogens is 496 g/mol. The minimum atomic E-state index is -0.434. The Labute approximate surface area is 227 Å². The van der Waals surface area contributed by atoms with E-state index in [1.54, 1.807) is 6.20 Å². The van der Waals surface area contributed by atoms with Gasteiger partial charge in [0, 0.05) is 55.1 Å². The summed E-state index contributed by atoms with van der Waals surface area (Å²) in [6.07, 6.45) is 4.34. The highest BCUT2D eigenvalue weighted by atomic mass is 16.6. The molecule has 11 heteroatoms. The van der Waals surface area contributed by atoms with Gasteiger partial charge in [0.15, 0.2) is 0 Å². The Balaban J connectivity index is 1.75. The first kappa shape index (κ1) is 27.5. The van der Waals surface area contributed by atoms with Gasteiger partial charge in [-0.05, 0) is 50.7 Å². The summed E-state index contributed by atoms with van der Waals surface area (Å²) in [6, 6.07) is 11.1. The largest absolute Gasteiger partial charge is 0.368 e. The maximum absolute atomic E-state index is 12.0. The molecule has 0 aliphatic heterocycles. The molecule has 0 bridgehead atoms. The molecule has 2 aromatic heterocycles. The number of amides is 1. The molecule has 0 aliphatic rings. The molecule has 0 atom stereocenters. The molecule has 0 saturated carbocycles. The van der Waals surface area contributed by atoms with Crippen LogP contribution in [0.25, 0.3) is 22.2 Å². The fraction of sp³-hybridized carbons (Fsp3) is 0.321. The van der Waals surface area contributed by atoms with Crippen molar-refractivity contribution in [1.82, 2.24) is 19.4 Å². The number of nitrogens with two attached hydrogens (primary N) is 1. The number of likely N-dealkylation sites (N-methyl/N-ethyl adjacent to an activating group) is 2. The molecule has 1 amide bonds. The van der Waals surface area contributed by atoms with Crippen LogP contribution >= 0.6 is 0 Å². The van der Waals surface area contributed by atoms with E-state index in [9.17, 15) is 14.9 Å². The summed E-state index contributed by atoms with van der Waals surface area (Å²) in [4.78, 5) is 36.6. The molecule has 4 rings (SSSR count). The number of rotatable bonds is 11. The zero-order chi connectivity index (χ0) is 28.3. The second kappa shape index (κ2) is 11.5. The minimum Gasteiger partial charge on any atom is -0.368 e. The summed E-state index contributed by atoms with van der Waals surface area (Å²) in [6.45, 7) is 5.39. The number of aryl methyl sites for hydroxylation is 2. The third-order valence-corrected chi connectivity index (χ3v) is 6.67. The zero-order valence-electron chi connectivity index (χ0n) is 22.9. The van der Waals surface area contributed by atoms with Gasteiger partial charge in [0.1, 0.15) is 12.2 Å². The molecule has 3 N–H and O–H groups in total. The van der Waals surface area contributed by atoms with Crippen LogP contribution in [-0.2, 0) is 17.8 Å². The average molecular weight is 531 g/mol. The fourth-order valence-corrected chi connectivity index (χ4v) is 4.55. The predicted molar refractivity (Wildman–Crippen MR) is 154 cm³/mol. The van der Waals surface area contributed by atoms with Crippen molar-refractivity contribution in [1.29, 1.82) is 0 Å².